The highest BCUT2D eigenvalue weighted by atomic mass is 16.6. The van der Waals surface area contributed by atoms with Crippen LogP contribution in [0.15, 0.2) is 95.8 Å². The quantitative estimate of drug-likeness (QED) is 0.393. The molecular formula is C23H16N2O3. The summed E-state index contributed by atoms with van der Waals surface area (Å²) in [5.41, 5.74) is 4.17. The zero-order valence-electron chi connectivity index (χ0n) is 14.8. The number of aromatic amines is 1. The van der Waals surface area contributed by atoms with Gasteiger partial charge in [-0.25, -0.2) is 0 Å². The Morgan fingerprint density at radius 3 is 1.86 bits per heavy atom. The van der Waals surface area contributed by atoms with Crippen LogP contribution < -0.4 is 5.56 Å². The highest BCUT2D eigenvalue weighted by Gasteiger charge is 2.15. The van der Waals surface area contributed by atoms with Crippen molar-refractivity contribution in [2.75, 3.05) is 0 Å². The molecule has 4 rings (SSSR count). The van der Waals surface area contributed by atoms with Gasteiger partial charge in [0.15, 0.2) is 0 Å². The predicted octanol–water partition coefficient (Wildman–Crippen LogP) is 5.28. The van der Waals surface area contributed by atoms with Gasteiger partial charge in [-0.05, 0) is 40.5 Å². The maximum atomic E-state index is 13.0. The lowest BCUT2D eigenvalue weighted by Gasteiger charge is -2.12. The van der Waals surface area contributed by atoms with E-state index in [1.807, 2.05) is 66.7 Å². The molecule has 0 amide bonds. The van der Waals surface area contributed by atoms with Gasteiger partial charge in [-0.3, -0.25) is 14.9 Å². The van der Waals surface area contributed by atoms with Crippen LogP contribution in [0.25, 0.3) is 33.5 Å². The van der Waals surface area contributed by atoms with E-state index in [0.29, 0.717) is 11.1 Å². The van der Waals surface area contributed by atoms with Crippen molar-refractivity contribution in [3.63, 3.8) is 0 Å². The number of hydrogen-bond acceptors (Lipinski definition) is 3. The molecule has 0 saturated carbocycles. The molecule has 5 heteroatoms. The van der Waals surface area contributed by atoms with Crippen LogP contribution in [0.5, 0.6) is 0 Å². The van der Waals surface area contributed by atoms with Crippen molar-refractivity contribution >= 4 is 5.69 Å². The number of nitro groups is 1. The molecule has 1 heterocycles. The Labute approximate surface area is 161 Å². The van der Waals surface area contributed by atoms with Crippen LogP contribution >= 0.6 is 0 Å². The maximum Gasteiger partial charge on any atom is 0.269 e. The third kappa shape index (κ3) is 3.33. The topological polar surface area (TPSA) is 76.0 Å². The highest BCUT2D eigenvalue weighted by molar-refractivity contribution is 5.85. The molecule has 0 saturated heterocycles. The number of nitrogens with zero attached hydrogens (tertiary/aromatic N) is 1. The molecule has 0 aliphatic carbocycles. The zero-order chi connectivity index (χ0) is 19.5. The largest absolute Gasteiger partial charge is 0.321 e. The van der Waals surface area contributed by atoms with E-state index in [2.05, 4.69) is 4.98 Å². The van der Waals surface area contributed by atoms with Gasteiger partial charge < -0.3 is 4.98 Å². The molecule has 0 spiro atoms. The minimum atomic E-state index is -0.454. The Morgan fingerprint density at radius 1 is 0.714 bits per heavy atom. The lowest BCUT2D eigenvalue weighted by molar-refractivity contribution is -0.384. The number of nitro benzene ring substituents is 1. The molecule has 0 unspecified atom stereocenters. The summed E-state index contributed by atoms with van der Waals surface area (Å²) >= 11 is 0. The van der Waals surface area contributed by atoms with Gasteiger partial charge in [0.1, 0.15) is 0 Å². The van der Waals surface area contributed by atoms with E-state index in [9.17, 15) is 14.9 Å². The number of pyridine rings is 1. The average Bonchev–Trinajstić information content (AvgIpc) is 2.74. The van der Waals surface area contributed by atoms with Crippen molar-refractivity contribution in [1.82, 2.24) is 4.98 Å². The second-order valence-corrected chi connectivity index (χ2v) is 6.34. The Balaban J connectivity index is 1.95. The molecule has 28 heavy (non-hydrogen) atoms. The van der Waals surface area contributed by atoms with Gasteiger partial charge >= 0.3 is 0 Å². The highest BCUT2D eigenvalue weighted by Crippen LogP contribution is 2.32. The fourth-order valence-electron chi connectivity index (χ4n) is 3.21. The Morgan fingerprint density at radius 2 is 1.29 bits per heavy atom. The summed E-state index contributed by atoms with van der Waals surface area (Å²) in [6.07, 6.45) is 0. The van der Waals surface area contributed by atoms with Gasteiger partial charge in [0.05, 0.1) is 10.5 Å². The summed E-state index contributed by atoms with van der Waals surface area (Å²) in [7, 11) is 0. The van der Waals surface area contributed by atoms with Crippen LogP contribution in [0.2, 0.25) is 0 Å². The number of nitrogens with one attached hydrogen (secondary N) is 1. The molecule has 3 aromatic carbocycles. The average molecular weight is 368 g/mol. The van der Waals surface area contributed by atoms with Gasteiger partial charge in [0.2, 0.25) is 0 Å². The van der Waals surface area contributed by atoms with Gasteiger partial charge in [-0.15, -0.1) is 0 Å². The SMILES string of the molecule is O=c1[nH]c(-c2ccccc2)cc(-c2ccccc2)c1-c1ccc([N+](=O)[O-])cc1. The predicted molar refractivity (Wildman–Crippen MR) is 110 cm³/mol. The number of hydrogen-bond donors (Lipinski definition) is 1. The number of H-pyrrole nitrogens is 1. The molecule has 5 nitrogen and oxygen atoms in total. The van der Waals surface area contributed by atoms with E-state index < -0.39 is 4.92 Å². The molecule has 0 atom stereocenters. The van der Waals surface area contributed by atoms with Crippen LogP contribution in [-0.2, 0) is 0 Å². The van der Waals surface area contributed by atoms with Crippen LogP contribution in [-0.4, -0.2) is 9.91 Å². The minimum absolute atomic E-state index is 0.0117. The molecule has 0 radical (unpaired) electrons. The molecule has 0 aliphatic rings. The summed E-state index contributed by atoms with van der Waals surface area (Å²) in [6.45, 7) is 0. The lowest BCUT2D eigenvalue weighted by Crippen LogP contribution is -2.11. The van der Waals surface area contributed by atoms with E-state index in [4.69, 9.17) is 0 Å². The van der Waals surface area contributed by atoms with E-state index in [1.54, 1.807) is 12.1 Å². The first-order chi connectivity index (χ1) is 13.6. The van der Waals surface area contributed by atoms with Gasteiger partial charge in [0.25, 0.3) is 11.2 Å². The Hall–Kier alpha value is -3.99. The Bertz CT molecular complexity index is 1180. The molecule has 1 N–H and O–H groups in total. The van der Waals surface area contributed by atoms with Crippen molar-refractivity contribution < 1.29 is 4.92 Å². The van der Waals surface area contributed by atoms with E-state index in [0.717, 1.165) is 22.4 Å². The van der Waals surface area contributed by atoms with Gasteiger partial charge in [-0.2, -0.15) is 0 Å². The number of non-ortho nitro benzene ring substituents is 1. The van der Waals surface area contributed by atoms with Gasteiger partial charge in [-0.1, -0.05) is 60.7 Å². The fourth-order valence-corrected chi connectivity index (χ4v) is 3.21. The van der Waals surface area contributed by atoms with E-state index in [-0.39, 0.29) is 11.2 Å². The molecule has 0 fully saturated rings. The second kappa shape index (κ2) is 7.32. The molecule has 0 bridgehead atoms. The van der Waals surface area contributed by atoms with Crippen LogP contribution in [0.4, 0.5) is 5.69 Å². The van der Waals surface area contributed by atoms with Crippen molar-refractivity contribution in [3.8, 4) is 33.5 Å². The van der Waals surface area contributed by atoms with Crippen molar-refractivity contribution in [3.05, 3.63) is 111 Å². The Kier molecular flexibility index (Phi) is 4.56. The fraction of sp³-hybridized carbons (Fsp3) is 0. The first-order valence-electron chi connectivity index (χ1n) is 8.76. The van der Waals surface area contributed by atoms with E-state index in [1.165, 1.54) is 12.1 Å². The molecular weight excluding hydrogens is 352 g/mol. The summed E-state index contributed by atoms with van der Waals surface area (Å²) in [4.78, 5) is 26.5. The monoisotopic (exact) mass is 368 g/mol. The first-order valence-corrected chi connectivity index (χ1v) is 8.76. The molecule has 1 aromatic heterocycles. The summed E-state index contributed by atoms with van der Waals surface area (Å²) in [5.74, 6) is 0. The molecule has 4 aromatic rings. The summed E-state index contributed by atoms with van der Waals surface area (Å²) < 4.78 is 0. The molecule has 0 aliphatic heterocycles. The second-order valence-electron chi connectivity index (χ2n) is 6.34. The van der Waals surface area contributed by atoms with Crippen molar-refractivity contribution in [2.24, 2.45) is 0 Å². The van der Waals surface area contributed by atoms with Crippen LogP contribution in [0, 0.1) is 10.1 Å². The number of aromatic nitrogens is 1. The summed E-state index contributed by atoms with van der Waals surface area (Å²) in [5, 5.41) is 10.9. The third-order valence-corrected chi connectivity index (χ3v) is 4.57. The van der Waals surface area contributed by atoms with E-state index >= 15 is 0 Å². The summed E-state index contributed by atoms with van der Waals surface area (Å²) in [6, 6.07) is 27.2. The van der Waals surface area contributed by atoms with Crippen molar-refractivity contribution in [1.29, 1.82) is 0 Å². The molecule has 136 valence electrons. The maximum absolute atomic E-state index is 13.0. The first kappa shape index (κ1) is 17.4. The smallest absolute Gasteiger partial charge is 0.269 e. The normalized spacial score (nSPS) is 10.6. The minimum Gasteiger partial charge on any atom is -0.321 e. The standard InChI is InChI=1S/C23H16N2O3/c26-23-22(18-11-13-19(14-12-18)25(27)28)20(16-7-3-1-4-8-16)15-21(24-23)17-9-5-2-6-10-17/h1-15H,(H,24,26). The van der Waals surface area contributed by atoms with Gasteiger partial charge in [0, 0.05) is 17.8 Å². The number of benzene rings is 3. The zero-order valence-corrected chi connectivity index (χ0v) is 14.8. The van der Waals surface area contributed by atoms with Crippen LogP contribution in [0.1, 0.15) is 0 Å². The lowest BCUT2D eigenvalue weighted by atomic mass is 9.94. The number of rotatable bonds is 4. The third-order valence-electron chi connectivity index (χ3n) is 4.57. The van der Waals surface area contributed by atoms with Crippen LogP contribution in [0.3, 0.4) is 0 Å². The van der Waals surface area contributed by atoms with Crippen molar-refractivity contribution in [2.45, 2.75) is 0 Å².